The van der Waals surface area contributed by atoms with E-state index in [0.717, 1.165) is 45.4 Å². The molecule has 0 radical (unpaired) electrons. The number of carboxylic acid groups (broad SMARTS) is 1. The Morgan fingerprint density at radius 1 is 0.685 bits per heavy atom. The highest BCUT2D eigenvalue weighted by Gasteiger charge is 2.42. The minimum atomic E-state index is -1.08. The fourth-order valence-corrected chi connectivity index (χ4v) is 7.04. The molecule has 1 unspecified atom stereocenters. The van der Waals surface area contributed by atoms with Gasteiger partial charge in [0.2, 0.25) is 5.91 Å². The fraction of sp³-hybridized carbons (Fsp3) is 0.133. The molecule has 9 nitrogen and oxygen atoms in total. The monoisotopic (exact) mass is 712 g/mol. The van der Waals surface area contributed by atoms with Gasteiger partial charge in [-0.05, 0) is 62.4 Å². The first-order valence-electron chi connectivity index (χ1n) is 18.0. The Bertz CT molecular complexity index is 2230. The SMILES string of the molecule is CCC(CC(=O)Nc1ccccc1C(=O)O)NCc1ccc(-c2ccccc2-c2nnnn2C(c2ccccc2)(c2ccccc2)c2ccccc2)cc1. The Morgan fingerprint density at radius 2 is 1.22 bits per heavy atom. The van der Waals surface area contributed by atoms with Gasteiger partial charge in [-0.15, -0.1) is 5.10 Å². The lowest BCUT2D eigenvalue weighted by molar-refractivity contribution is -0.116. The number of amides is 1. The second-order valence-electron chi connectivity index (χ2n) is 13.1. The minimum absolute atomic E-state index is 0.0629. The molecule has 0 aliphatic rings. The molecular formula is C45H40N6O3. The molecule has 7 aromatic rings. The summed E-state index contributed by atoms with van der Waals surface area (Å²) in [5.74, 6) is -0.698. The Labute approximate surface area is 314 Å². The maximum absolute atomic E-state index is 12.9. The Morgan fingerprint density at radius 3 is 1.80 bits per heavy atom. The van der Waals surface area contributed by atoms with Crippen molar-refractivity contribution in [1.29, 1.82) is 0 Å². The molecular weight excluding hydrogens is 673 g/mol. The van der Waals surface area contributed by atoms with Crippen LogP contribution in [0, 0.1) is 0 Å². The molecule has 268 valence electrons. The second-order valence-corrected chi connectivity index (χ2v) is 13.1. The zero-order valence-electron chi connectivity index (χ0n) is 29.8. The van der Waals surface area contributed by atoms with Gasteiger partial charge >= 0.3 is 5.97 Å². The van der Waals surface area contributed by atoms with Crippen LogP contribution < -0.4 is 10.6 Å². The number of nitrogens with one attached hydrogen (secondary N) is 2. The number of benzene rings is 6. The summed E-state index contributed by atoms with van der Waals surface area (Å²) >= 11 is 0. The molecule has 3 N–H and O–H groups in total. The van der Waals surface area contributed by atoms with Gasteiger partial charge < -0.3 is 15.7 Å². The van der Waals surface area contributed by atoms with Crippen molar-refractivity contribution in [3.63, 3.8) is 0 Å². The summed E-state index contributed by atoms with van der Waals surface area (Å²) in [5, 5.41) is 29.5. The number of carbonyl (C=O) groups is 2. The van der Waals surface area contributed by atoms with Crippen LogP contribution in [0.15, 0.2) is 164 Å². The van der Waals surface area contributed by atoms with Crippen molar-refractivity contribution in [2.45, 2.75) is 37.9 Å². The van der Waals surface area contributed by atoms with Crippen molar-refractivity contribution in [1.82, 2.24) is 25.5 Å². The zero-order valence-corrected chi connectivity index (χ0v) is 29.8. The van der Waals surface area contributed by atoms with Gasteiger partial charge in [-0.1, -0.05) is 159 Å². The quantitative estimate of drug-likeness (QED) is 0.0968. The highest BCUT2D eigenvalue weighted by atomic mass is 16.4. The van der Waals surface area contributed by atoms with E-state index in [-0.39, 0.29) is 23.9 Å². The predicted octanol–water partition coefficient (Wildman–Crippen LogP) is 8.44. The molecule has 1 atom stereocenters. The molecule has 6 aromatic carbocycles. The average Bonchev–Trinajstić information content (AvgIpc) is 3.71. The third-order valence-corrected chi connectivity index (χ3v) is 9.75. The summed E-state index contributed by atoms with van der Waals surface area (Å²) in [5.41, 5.74) is 6.51. The molecule has 1 amide bonds. The van der Waals surface area contributed by atoms with Crippen LogP contribution >= 0.6 is 0 Å². The predicted molar refractivity (Wildman–Crippen MR) is 211 cm³/mol. The third kappa shape index (κ3) is 7.30. The number of carboxylic acids is 1. The van der Waals surface area contributed by atoms with E-state index in [4.69, 9.17) is 5.21 Å². The van der Waals surface area contributed by atoms with Crippen LogP contribution in [-0.2, 0) is 16.9 Å². The molecule has 9 heteroatoms. The average molecular weight is 713 g/mol. The van der Waals surface area contributed by atoms with E-state index >= 15 is 0 Å². The topological polar surface area (TPSA) is 122 Å². The lowest BCUT2D eigenvalue weighted by Crippen LogP contribution is -2.39. The zero-order chi connectivity index (χ0) is 37.3. The summed E-state index contributed by atoms with van der Waals surface area (Å²) in [6.45, 7) is 2.58. The molecule has 0 bridgehead atoms. The van der Waals surface area contributed by atoms with E-state index < -0.39 is 11.5 Å². The normalized spacial score (nSPS) is 11.9. The first kappa shape index (κ1) is 35.7. The molecule has 7 rings (SSSR count). The van der Waals surface area contributed by atoms with Gasteiger partial charge in [0.25, 0.3) is 0 Å². The van der Waals surface area contributed by atoms with E-state index in [0.29, 0.717) is 18.1 Å². The Balaban J connectivity index is 1.17. The van der Waals surface area contributed by atoms with Crippen LogP contribution in [0.1, 0.15) is 52.4 Å². The van der Waals surface area contributed by atoms with Gasteiger partial charge in [-0.25, -0.2) is 9.48 Å². The van der Waals surface area contributed by atoms with E-state index in [9.17, 15) is 14.7 Å². The molecule has 0 saturated carbocycles. The van der Waals surface area contributed by atoms with Crippen molar-refractivity contribution >= 4 is 17.6 Å². The molecule has 1 aromatic heterocycles. The smallest absolute Gasteiger partial charge is 0.337 e. The van der Waals surface area contributed by atoms with Gasteiger partial charge in [0, 0.05) is 24.6 Å². The summed E-state index contributed by atoms with van der Waals surface area (Å²) in [6, 6.07) is 53.9. The number of carbonyl (C=O) groups excluding carboxylic acids is 1. The van der Waals surface area contributed by atoms with Gasteiger partial charge in [0.1, 0.15) is 5.54 Å². The van der Waals surface area contributed by atoms with E-state index in [1.165, 1.54) is 6.07 Å². The van der Waals surface area contributed by atoms with Crippen molar-refractivity contribution in [3.8, 4) is 22.5 Å². The summed E-state index contributed by atoms with van der Waals surface area (Å²) in [6.07, 6.45) is 0.936. The Hall–Kier alpha value is -6.71. The van der Waals surface area contributed by atoms with Crippen LogP contribution in [0.5, 0.6) is 0 Å². The van der Waals surface area contributed by atoms with Crippen LogP contribution in [0.4, 0.5) is 5.69 Å². The van der Waals surface area contributed by atoms with Crippen molar-refractivity contribution in [2.24, 2.45) is 0 Å². The first-order valence-corrected chi connectivity index (χ1v) is 18.0. The van der Waals surface area contributed by atoms with Crippen LogP contribution in [0.3, 0.4) is 0 Å². The standard InChI is InChI=1S/C45H40N6O3/c1-2-37(30-42(52)47-41-25-15-14-24-40(41)44(53)54)46-31-32-26-28-33(29-27-32)38-22-12-13-23-39(38)43-48-49-50-51(43)45(34-16-6-3-7-17-34,35-18-8-4-9-19-35)36-20-10-5-11-21-36/h3-29,37,46H,2,30-31H2,1H3,(H,47,52)(H,53,54). The van der Waals surface area contributed by atoms with Crippen LogP contribution in [-0.4, -0.2) is 43.2 Å². The maximum atomic E-state index is 12.9. The maximum Gasteiger partial charge on any atom is 0.337 e. The highest BCUT2D eigenvalue weighted by molar-refractivity contribution is 6.00. The number of aromatic carboxylic acids is 1. The molecule has 54 heavy (non-hydrogen) atoms. The number of anilines is 1. The largest absolute Gasteiger partial charge is 0.478 e. The number of para-hydroxylation sites is 1. The number of aromatic nitrogens is 4. The number of rotatable bonds is 14. The number of hydrogen-bond donors (Lipinski definition) is 3. The van der Waals surface area contributed by atoms with Crippen LogP contribution in [0.25, 0.3) is 22.5 Å². The van der Waals surface area contributed by atoms with Crippen LogP contribution in [0.2, 0.25) is 0 Å². The molecule has 1 heterocycles. The molecule has 0 aliphatic heterocycles. The first-order chi connectivity index (χ1) is 26.5. The summed E-state index contributed by atoms with van der Waals surface area (Å²) in [7, 11) is 0. The van der Waals surface area contributed by atoms with Gasteiger partial charge in [-0.2, -0.15) is 0 Å². The number of nitrogens with zero attached hydrogens (tertiary/aromatic N) is 4. The minimum Gasteiger partial charge on any atom is -0.478 e. The molecule has 0 spiro atoms. The number of hydrogen-bond acceptors (Lipinski definition) is 6. The number of tetrazole rings is 1. The van der Waals surface area contributed by atoms with Gasteiger partial charge in [-0.3, -0.25) is 4.79 Å². The fourth-order valence-electron chi connectivity index (χ4n) is 7.04. The van der Waals surface area contributed by atoms with Gasteiger partial charge in [0.15, 0.2) is 5.82 Å². The van der Waals surface area contributed by atoms with Crippen molar-refractivity contribution in [2.75, 3.05) is 5.32 Å². The summed E-state index contributed by atoms with van der Waals surface area (Å²) < 4.78 is 1.95. The Kier molecular flexibility index (Phi) is 10.8. The molecule has 0 saturated heterocycles. The second kappa shape index (κ2) is 16.3. The molecule has 0 aliphatic carbocycles. The van der Waals surface area contributed by atoms with Crippen molar-refractivity contribution < 1.29 is 14.7 Å². The third-order valence-electron chi connectivity index (χ3n) is 9.75. The highest BCUT2D eigenvalue weighted by Crippen LogP contribution is 2.43. The molecule has 0 fully saturated rings. The van der Waals surface area contributed by atoms with E-state index in [2.05, 4.69) is 93.7 Å². The van der Waals surface area contributed by atoms with Crippen molar-refractivity contribution in [3.05, 3.63) is 192 Å². The van der Waals surface area contributed by atoms with E-state index in [1.54, 1.807) is 18.2 Å². The summed E-state index contributed by atoms with van der Waals surface area (Å²) in [4.78, 5) is 24.4. The van der Waals surface area contributed by atoms with Gasteiger partial charge in [0.05, 0.1) is 11.3 Å². The lowest BCUT2D eigenvalue weighted by Gasteiger charge is -2.36. The van der Waals surface area contributed by atoms with E-state index in [1.807, 2.05) is 78.3 Å². The lowest BCUT2D eigenvalue weighted by atomic mass is 9.77.